The third kappa shape index (κ3) is 3.77. The van der Waals surface area contributed by atoms with Gasteiger partial charge in [-0.25, -0.2) is 4.98 Å². The fourth-order valence-electron chi connectivity index (χ4n) is 3.07. The van der Waals surface area contributed by atoms with Crippen LogP contribution in [0.5, 0.6) is 0 Å². The van der Waals surface area contributed by atoms with Gasteiger partial charge in [0.25, 0.3) is 0 Å². The van der Waals surface area contributed by atoms with Crippen molar-refractivity contribution in [2.45, 2.75) is 55.3 Å². The van der Waals surface area contributed by atoms with Crippen LogP contribution < -0.4 is 5.32 Å². The van der Waals surface area contributed by atoms with E-state index in [1.807, 2.05) is 14.0 Å². The maximum absolute atomic E-state index is 12.1. The monoisotopic (exact) mass is 308 g/mol. The summed E-state index contributed by atoms with van der Waals surface area (Å²) in [6, 6.07) is 4.20. The Kier molecular flexibility index (Phi) is 5.27. The van der Waals surface area contributed by atoms with Crippen LogP contribution in [0.25, 0.3) is 0 Å². The van der Waals surface area contributed by atoms with Gasteiger partial charge in [0.15, 0.2) is 0 Å². The van der Waals surface area contributed by atoms with Gasteiger partial charge >= 0.3 is 5.97 Å². The highest BCUT2D eigenvalue weighted by Crippen LogP contribution is 2.38. The molecule has 1 aromatic heterocycles. The number of aromatic nitrogens is 1. The zero-order valence-electron chi connectivity index (χ0n) is 13.2. The van der Waals surface area contributed by atoms with Crippen molar-refractivity contribution in [2.24, 2.45) is 0 Å². The lowest BCUT2D eigenvalue weighted by Crippen LogP contribution is -2.54. The van der Waals surface area contributed by atoms with Crippen molar-refractivity contribution < 1.29 is 9.53 Å². The number of ether oxygens (including phenoxy) is 1. The lowest BCUT2D eigenvalue weighted by atomic mass is 9.81. The first-order valence-corrected chi connectivity index (χ1v) is 8.26. The van der Waals surface area contributed by atoms with Crippen LogP contribution in [0.2, 0.25) is 0 Å². The van der Waals surface area contributed by atoms with Crippen LogP contribution in [-0.4, -0.2) is 35.9 Å². The summed E-state index contributed by atoms with van der Waals surface area (Å²) in [5.41, 5.74) is 1.73. The maximum Gasteiger partial charge on any atom is 0.326 e. The van der Waals surface area contributed by atoms with E-state index in [2.05, 4.69) is 29.4 Å². The van der Waals surface area contributed by atoms with Gasteiger partial charge in [-0.05, 0) is 64.3 Å². The molecule has 0 saturated heterocycles. The number of carbonyl (C=O) groups is 1. The lowest BCUT2D eigenvalue weighted by Gasteiger charge is -2.38. The number of carbonyl (C=O) groups excluding carboxylic acids is 1. The predicted octanol–water partition coefficient (Wildman–Crippen LogP) is 2.86. The predicted molar refractivity (Wildman–Crippen MR) is 85.6 cm³/mol. The fraction of sp³-hybridized carbons (Fsp3) is 0.625. The Morgan fingerprint density at radius 1 is 1.48 bits per heavy atom. The molecule has 4 nitrogen and oxygen atoms in total. The molecule has 0 aliphatic heterocycles. The van der Waals surface area contributed by atoms with Crippen LogP contribution in [0.4, 0.5) is 0 Å². The molecule has 21 heavy (non-hydrogen) atoms. The molecule has 1 fully saturated rings. The summed E-state index contributed by atoms with van der Waals surface area (Å²) >= 11 is 1.78. The molecule has 2 atom stereocenters. The average Bonchev–Trinajstić information content (AvgIpc) is 2.45. The zero-order chi connectivity index (χ0) is 15.5. The van der Waals surface area contributed by atoms with Crippen molar-refractivity contribution in [1.29, 1.82) is 0 Å². The maximum atomic E-state index is 12.1. The number of likely N-dealkylation sites (N-methyl/N-ethyl adjacent to an activating group) is 1. The van der Waals surface area contributed by atoms with Gasteiger partial charge in [0.2, 0.25) is 0 Å². The van der Waals surface area contributed by atoms with E-state index in [0.717, 1.165) is 36.4 Å². The highest BCUT2D eigenvalue weighted by atomic mass is 32.2. The molecular weight excluding hydrogens is 284 g/mol. The minimum Gasteiger partial charge on any atom is -0.468 e. The second-order valence-corrected chi connectivity index (χ2v) is 7.10. The smallest absolute Gasteiger partial charge is 0.326 e. The standard InChI is InChI=1S/C16H24N2O2S/c1-11-8-12(2)18-14(9-11)21-13-6-5-7-16(10-13,17-3)15(19)20-4/h8-9,13,17H,5-7,10H2,1-4H3. The first-order valence-electron chi connectivity index (χ1n) is 7.38. The van der Waals surface area contributed by atoms with E-state index in [0.29, 0.717) is 5.25 Å². The van der Waals surface area contributed by atoms with Crippen molar-refractivity contribution in [3.05, 3.63) is 23.4 Å². The van der Waals surface area contributed by atoms with Gasteiger partial charge in [0.1, 0.15) is 5.54 Å². The van der Waals surface area contributed by atoms with Crippen LogP contribution in [-0.2, 0) is 9.53 Å². The number of thioether (sulfide) groups is 1. The van der Waals surface area contributed by atoms with Gasteiger partial charge in [-0.1, -0.05) is 0 Å². The number of nitrogens with one attached hydrogen (secondary N) is 1. The molecule has 0 amide bonds. The normalized spacial score (nSPS) is 25.6. The van der Waals surface area contributed by atoms with Crippen molar-refractivity contribution >= 4 is 17.7 Å². The molecule has 1 aromatic rings. The second kappa shape index (κ2) is 6.79. The zero-order valence-corrected chi connectivity index (χ0v) is 14.0. The van der Waals surface area contributed by atoms with Crippen molar-refractivity contribution in [1.82, 2.24) is 10.3 Å². The van der Waals surface area contributed by atoms with Gasteiger partial charge in [-0.15, -0.1) is 11.8 Å². The van der Waals surface area contributed by atoms with Crippen LogP contribution in [0.3, 0.4) is 0 Å². The van der Waals surface area contributed by atoms with Gasteiger partial charge in [0, 0.05) is 10.9 Å². The number of nitrogens with zero attached hydrogens (tertiary/aromatic N) is 1. The van der Waals surface area contributed by atoms with E-state index >= 15 is 0 Å². The Morgan fingerprint density at radius 2 is 2.24 bits per heavy atom. The number of pyridine rings is 1. The molecule has 5 heteroatoms. The van der Waals surface area contributed by atoms with Crippen LogP contribution >= 0.6 is 11.8 Å². The van der Waals surface area contributed by atoms with Gasteiger partial charge in [-0.2, -0.15) is 0 Å². The van der Waals surface area contributed by atoms with Crippen LogP contribution in [0.15, 0.2) is 17.2 Å². The Labute approximate surface area is 131 Å². The quantitative estimate of drug-likeness (QED) is 0.867. The van der Waals surface area contributed by atoms with Gasteiger partial charge in [-0.3, -0.25) is 4.79 Å². The molecule has 116 valence electrons. The average molecular weight is 308 g/mol. The lowest BCUT2D eigenvalue weighted by molar-refractivity contribution is -0.149. The Balaban J connectivity index is 2.12. The summed E-state index contributed by atoms with van der Waals surface area (Å²) in [5.74, 6) is -0.149. The minimum atomic E-state index is -0.538. The number of hydrogen-bond acceptors (Lipinski definition) is 5. The number of methoxy groups -OCH3 is 1. The summed E-state index contributed by atoms with van der Waals surface area (Å²) in [6.07, 6.45) is 3.77. The Bertz CT molecular complexity index is 501. The number of esters is 1. The van der Waals surface area contributed by atoms with E-state index in [9.17, 15) is 4.79 Å². The van der Waals surface area contributed by atoms with Gasteiger partial charge < -0.3 is 10.1 Å². The van der Waals surface area contributed by atoms with Crippen LogP contribution in [0.1, 0.15) is 36.9 Å². The van der Waals surface area contributed by atoms with E-state index in [1.54, 1.807) is 11.8 Å². The highest BCUT2D eigenvalue weighted by Gasteiger charge is 2.42. The third-order valence-corrected chi connectivity index (χ3v) is 5.31. The minimum absolute atomic E-state index is 0.149. The van der Waals surface area contributed by atoms with Crippen molar-refractivity contribution in [3.63, 3.8) is 0 Å². The highest BCUT2D eigenvalue weighted by molar-refractivity contribution is 7.99. The number of rotatable bonds is 4. The van der Waals surface area contributed by atoms with E-state index < -0.39 is 5.54 Å². The number of aryl methyl sites for hydroxylation is 2. The molecule has 1 aliphatic carbocycles. The summed E-state index contributed by atoms with van der Waals surface area (Å²) in [4.78, 5) is 16.7. The molecule has 1 N–H and O–H groups in total. The first-order chi connectivity index (χ1) is 9.99. The molecular formula is C16H24N2O2S. The van der Waals surface area contributed by atoms with Crippen LogP contribution in [0, 0.1) is 13.8 Å². The number of hydrogen-bond donors (Lipinski definition) is 1. The van der Waals surface area contributed by atoms with Gasteiger partial charge in [0.05, 0.1) is 12.1 Å². The molecule has 0 bridgehead atoms. The third-order valence-electron chi connectivity index (χ3n) is 4.12. The van der Waals surface area contributed by atoms with Crippen molar-refractivity contribution in [3.8, 4) is 0 Å². The van der Waals surface area contributed by atoms with E-state index in [4.69, 9.17) is 4.74 Å². The fourth-order valence-corrected chi connectivity index (χ4v) is 4.51. The van der Waals surface area contributed by atoms with E-state index in [-0.39, 0.29) is 5.97 Å². The Hall–Kier alpha value is -1.07. The molecule has 2 unspecified atom stereocenters. The van der Waals surface area contributed by atoms with Crippen molar-refractivity contribution in [2.75, 3.05) is 14.2 Å². The summed E-state index contributed by atoms with van der Waals surface area (Å²) in [7, 11) is 3.31. The topological polar surface area (TPSA) is 51.2 Å². The molecule has 0 aromatic carbocycles. The Morgan fingerprint density at radius 3 is 2.86 bits per heavy atom. The molecule has 0 radical (unpaired) electrons. The SMILES string of the molecule is CNC1(C(=O)OC)CCCC(Sc2cc(C)cc(C)n2)C1. The molecule has 0 spiro atoms. The second-order valence-electron chi connectivity index (χ2n) is 5.78. The molecule has 1 saturated carbocycles. The summed E-state index contributed by atoms with van der Waals surface area (Å²) in [5, 5.41) is 4.64. The molecule has 2 rings (SSSR count). The molecule has 1 heterocycles. The van der Waals surface area contributed by atoms with E-state index in [1.165, 1.54) is 12.7 Å². The molecule has 1 aliphatic rings. The first kappa shape index (κ1) is 16.3. The largest absolute Gasteiger partial charge is 0.468 e. The summed E-state index contributed by atoms with van der Waals surface area (Å²) < 4.78 is 4.99. The summed E-state index contributed by atoms with van der Waals surface area (Å²) in [6.45, 7) is 4.11.